The Balaban J connectivity index is 1.65. The van der Waals surface area contributed by atoms with Gasteiger partial charge < -0.3 is 10.4 Å². The molecule has 0 bridgehead atoms. The van der Waals surface area contributed by atoms with Gasteiger partial charge in [-0.2, -0.15) is 5.10 Å². The second kappa shape index (κ2) is 8.10. The number of thiophene rings is 1. The van der Waals surface area contributed by atoms with Crippen LogP contribution in [-0.2, 0) is 13.6 Å². The van der Waals surface area contributed by atoms with Crippen LogP contribution >= 0.6 is 11.3 Å². The van der Waals surface area contributed by atoms with Crippen LogP contribution in [0.3, 0.4) is 0 Å². The summed E-state index contributed by atoms with van der Waals surface area (Å²) in [6, 6.07) is 12.7. The predicted molar refractivity (Wildman–Crippen MR) is 114 cm³/mol. The lowest BCUT2D eigenvalue weighted by Gasteiger charge is -2.48. The van der Waals surface area contributed by atoms with Gasteiger partial charge in [0.2, 0.25) is 0 Å². The number of nitrogens with one attached hydrogen (secondary N) is 1. The highest BCUT2D eigenvalue weighted by atomic mass is 32.1. The number of rotatable bonds is 5. The summed E-state index contributed by atoms with van der Waals surface area (Å²) in [6.07, 6.45) is 4.46. The normalized spacial score (nSPS) is 25.1. The average molecular weight is 411 g/mol. The van der Waals surface area contributed by atoms with Crippen molar-refractivity contribution >= 4 is 17.2 Å². The molecule has 7 heteroatoms. The molecule has 3 aromatic rings. The first-order valence-corrected chi connectivity index (χ1v) is 10.7. The van der Waals surface area contributed by atoms with Gasteiger partial charge in [-0.25, -0.2) is 0 Å². The van der Waals surface area contributed by atoms with Gasteiger partial charge in [0.05, 0.1) is 23.9 Å². The Morgan fingerprint density at radius 3 is 2.76 bits per heavy atom. The van der Waals surface area contributed by atoms with E-state index in [0.717, 1.165) is 17.0 Å². The molecule has 1 saturated heterocycles. The minimum atomic E-state index is -1.01. The van der Waals surface area contributed by atoms with E-state index >= 15 is 0 Å². The summed E-state index contributed by atoms with van der Waals surface area (Å²) in [5.41, 5.74) is 0.700. The van der Waals surface area contributed by atoms with Crippen LogP contribution in [0.15, 0.2) is 60.2 Å². The number of benzene rings is 1. The molecule has 6 nitrogen and oxygen atoms in total. The topological polar surface area (TPSA) is 70.4 Å². The molecule has 1 amide bonds. The minimum absolute atomic E-state index is 0.119. The standard InChI is InChI=1S/C22H26N4O2S/c1-22(28)10-11-26(15-16-13-23-25(2)14-16)19(18-9-6-12-29-18)20(22)24-21(27)17-7-4-3-5-8-17/h3-9,12-14,19-20,28H,10-11,15H2,1-2H3,(H,24,27)/t19-,20-,22+/m0/s1. The Bertz CT molecular complexity index is 952. The molecule has 0 saturated carbocycles. The molecule has 0 spiro atoms. The minimum Gasteiger partial charge on any atom is -0.388 e. The van der Waals surface area contributed by atoms with Crippen LogP contribution in [0.5, 0.6) is 0 Å². The number of hydrogen-bond acceptors (Lipinski definition) is 5. The SMILES string of the molecule is Cn1cc(CN2CC[C@@](C)(O)[C@@H](NC(=O)c3ccccc3)[C@@H]2c2cccs2)cn1. The highest BCUT2D eigenvalue weighted by molar-refractivity contribution is 7.10. The van der Waals surface area contributed by atoms with Crippen LogP contribution in [0, 0.1) is 0 Å². The number of amides is 1. The molecule has 3 atom stereocenters. The van der Waals surface area contributed by atoms with Gasteiger partial charge >= 0.3 is 0 Å². The Labute approximate surface area is 174 Å². The molecule has 0 radical (unpaired) electrons. The molecule has 1 fully saturated rings. The lowest BCUT2D eigenvalue weighted by Crippen LogP contribution is -2.62. The Morgan fingerprint density at radius 1 is 1.31 bits per heavy atom. The van der Waals surface area contributed by atoms with Crippen molar-refractivity contribution in [2.24, 2.45) is 7.05 Å². The fourth-order valence-electron chi connectivity index (χ4n) is 4.03. The first kappa shape index (κ1) is 19.8. The van der Waals surface area contributed by atoms with E-state index in [1.54, 1.807) is 28.2 Å². The maximum Gasteiger partial charge on any atom is 0.251 e. The van der Waals surface area contributed by atoms with Crippen LogP contribution in [-0.4, -0.2) is 43.9 Å². The van der Waals surface area contributed by atoms with Gasteiger partial charge in [-0.3, -0.25) is 14.4 Å². The van der Waals surface area contributed by atoms with Gasteiger partial charge in [-0.05, 0) is 36.9 Å². The number of aliphatic hydroxyl groups is 1. The molecule has 1 aliphatic heterocycles. The number of piperidine rings is 1. The summed E-state index contributed by atoms with van der Waals surface area (Å²) in [7, 11) is 1.91. The zero-order chi connectivity index (χ0) is 20.4. The first-order chi connectivity index (χ1) is 13.9. The van der Waals surface area contributed by atoms with Gasteiger partial charge in [0.1, 0.15) is 0 Å². The monoisotopic (exact) mass is 410 g/mol. The largest absolute Gasteiger partial charge is 0.388 e. The van der Waals surface area contributed by atoms with Crippen molar-refractivity contribution in [1.29, 1.82) is 0 Å². The number of likely N-dealkylation sites (tertiary alicyclic amines) is 1. The molecule has 2 N–H and O–H groups in total. The Morgan fingerprint density at radius 2 is 2.10 bits per heavy atom. The maximum absolute atomic E-state index is 12.9. The third-order valence-corrected chi connectivity index (χ3v) is 6.53. The van der Waals surface area contributed by atoms with Gasteiger partial charge in [-0.1, -0.05) is 24.3 Å². The second-order valence-electron chi connectivity index (χ2n) is 7.88. The summed E-state index contributed by atoms with van der Waals surface area (Å²) >= 11 is 1.65. The van der Waals surface area contributed by atoms with E-state index in [0.29, 0.717) is 18.5 Å². The zero-order valence-electron chi connectivity index (χ0n) is 16.7. The third-order valence-electron chi connectivity index (χ3n) is 5.59. The Kier molecular flexibility index (Phi) is 5.54. The van der Waals surface area contributed by atoms with Crippen molar-refractivity contribution in [3.8, 4) is 0 Å². The van der Waals surface area contributed by atoms with Crippen molar-refractivity contribution in [2.75, 3.05) is 6.54 Å². The smallest absolute Gasteiger partial charge is 0.251 e. The summed E-state index contributed by atoms with van der Waals surface area (Å²) in [4.78, 5) is 16.4. The number of nitrogens with zero attached hydrogens (tertiary/aromatic N) is 3. The highest BCUT2D eigenvalue weighted by Gasteiger charge is 2.46. The quantitative estimate of drug-likeness (QED) is 0.678. The van der Waals surface area contributed by atoms with Crippen molar-refractivity contribution in [3.63, 3.8) is 0 Å². The van der Waals surface area contributed by atoms with E-state index in [1.165, 1.54) is 0 Å². The van der Waals surface area contributed by atoms with Gasteiger partial charge in [0.15, 0.2) is 0 Å². The molecule has 152 valence electrons. The summed E-state index contributed by atoms with van der Waals surface area (Å²) < 4.78 is 1.80. The molecule has 0 unspecified atom stereocenters. The number of hydrogen-bond donors (Lipinski definition) is 2. The predicted octanol–water partition coefficient (Wildman–Crippen LogP) is 2.98. The van der Waals surface area contributed by atoms with E-state index in [2.05, 4.69) is 21.4 Å². The van der Waals surface area contributed by atoms with Crippen molar-refractivity contribution in [1.82, 2.24) is 20.0 Å². The molecule has 3 heterocycles. The van der Waals surface area contributed by atoms with Crippen molar-refractivity contribution in [2.45, 2.75) is 37.6 Å². The summed E-state index contributed by atoms with van der Waals surface area (Å²) in [5.74, 6) is -0.166. The molecule has 2 aromatic heterocycles. The zero-order valence-corrected chi connectivity index (χ0v) is 17.5. The first-order valence-electron chi connectivity index (χ1n) is 9.77. The molecule has 29 heavy (non-hydrogen) atoms. The number of aryl methyl sites for hydroxylation is 1. The van der Waals surface area contributed by atoms with Crippen LogP contribution in [0.25, 0.3) is 0 Å². The molecule has 1 aromatic carbocycles. The van der Waals surface area contributed by atoms with Crippen LogP contribution in [0.2, 0.25) is 0 Å². The number of carbonyl (C=O) groups excluding carboxylic acids is 1. The fraction of sp³-hybridized carbons (Fsp3) is 0.364. The number of carbonyl (C=O) groups is 1. The van der Waals surface area contributed by atoms with Crippen LogP contribution in [0.1, 0.15) is 40.2 Å². The molecule has 4 rings (SSSR count). The van der Waals surface area contributed by atoms with E-state index in [4.69, 9.17) is 0 Å². The van der Waals surface area contributed by atoms with Crippen LogP contribution in [0.4, 0.5) is 0 Å². The van der Waals surface area contributed by atoms with E-state index in [1.807, 2.05) is 56.0 Å². The second-order valence-corrected chi connectivity index (χ2v) is 8.86. The third kappa shape index (κ3) is 4.27. The molecule has 1 aliphatic rings. The van der Waals surface area contributed by atoms with Gasteiger partial charge in [-0.15, -0.1) is 11.3 Å². The lowest BCUT2D eigenvalue weighted by atomic mass is 9.81. The van der Waals surface area contributed by atoms with E-state index in [-0.39, 0.29) is 11.9 Å². The van der Waals surface area contributed by atoms with Crippen LogP contribution < -0.4 is 5.32 Å². The highest BCUT2D eigenvalue weighted by Crippen LogP contribution is 2.39. The fourth-order valence-corrected chi connectivity index (χ4v) is 4.93. The summed E-state index contributed by atoms with van der Waals surface area (Å²) in [6.45, 7) is 3.28. The van der Waals surface area contributed by atoms with E-state index < -0.39 is 11.6 Å². The van der Waals surface area contributed by atoms with Gasteiger partial charge in [0, 0.05) is 42.3 Å². The number of aromatic nitrogens is 2. The molecular formula is C22H26N4O2S. The van der Waals surface area contributed by atoms with Gasteiger partial charge in [0.25, 0.3) is 5.91 Å². The van der Waals surface area contributed by atoms with Crippen molar-refractivity contribution in [3.05, 3.63) is 76.2 Å². The summed E-state index contributed by atoms with van der Waals surface area (Å²) in [5, 5.41) is 20.7. The van der Waals surface area contributed by atoms with E-state index in [9.17, 15) is 9.90 Å². The lowest BCUT2D eigenvalue weighted by molar-refractivity contribution is -0.0656. The maximum atomic E-state index is 12.9. The molecule has 0 aliphatic carbocycles. The average Bonchev–Trinajstić information content (AvgIpc) is 3.37. The molecular weight excluding hydrogens is 384 g/mol. The van der Waals surface area contributed by atoms with Crippen molar-refractivity contribution < 1.29 is 9.90 Å². The Hall–Kier alpha value is -2.48.